The number of nitrogens with one attached hydrogen (secondary N) is 1. The Hall–Kier alpha value is -2.69. The molecule has 0 amide bonds. The lowest BCUT2D eigenvalue weighted by Gasteiger charge is -2.22. The molecule has 0 saturated carbocycles. The summed E-state index contributed by atoms with van der Waals surface area (Å²) in [5.41, 5.74) is 6.09. The molecule has 0 spiro atoms. The van der Waals surface area contributed by atoms with Crippen molar-refractivity contribution in [2.75, 3.05) is 0 Å². The maximum atomic E-state index is 10.8. The number of benzene rings is 1. The number of fused-ring (bicyclic) bond motifs is 1. The van der Waals surface area contributed by atoms with Crippen LogP contribution in [0, 0.1) is 0 Å². The van der Waals surface area contributed by atoms with Crippen molar-refractivity contribution in [3.05, 3.63) is 65.0 Å². The Morgan fingerprint density at radius 2 is 2.05 bits per heavy atom. The molecule has 1 aromatic carbocycles. The maximum absolute atomic E-state index is 10.8. The molecule has 1 aliphatic heterocycles. The summed E-state index contributed by atoms with van der Waals surface area (Å²) in [5, 5.41) is 13.0. The van der Waals surface area contributed by atoms with Gasteiger partial charge in [-0.05, 0) is 17.2 Å². The summed E-state index contributed by atoms with van der Waals surface area (Å²) in [6, 6.07) is 11.1. The Kier molecular flexibility index (Phi) is 2.72. The monoisotopic (exact) mass is 253 g/mol. The molecule has 5 heteroatoms. The molecule has 1 unspecified atom stereocenters. The Balaban J connectivity index is 1.99. The molecule has 1 atom stereocenters. The average Bonchev–Trinajstić information content (AvgIpc) is 2.47. The molecular formula is C14H11N3O2. The van der Waals surface area contributed by atoms with Crippen LogP contribution in [-0.4, -0.2) is 22.3 Å². The van der Waals surface area contributed by atoms with E-state index < -0.39 is 5.97 Å². The second kappa shape index (κ2) is 4.53. The van der Waals surface area contributed by atoms with Gasteiger partial charge < -0.3 is 5.11 Å². The normalized spacial score (nSPS) is 16.5. The fourth-order valence-corrected chi connectivity index (χ4v) is 2.10. The lowest BCUT2D eigenvalue weighted by molar-refractivity contribution is 0.0690. The van der Waals surface area contributed by atoms with Gasteiger partial charge in [0.05, 0.1) is 12.3 Å². The van der Waals surface area contributed by atoms with Crippen LogP contribution in [0.2, 0.25) is 0 Å². The van der Waals surface area contributed by atoms with Crippen molar-refractivity contribution in [3.8, 4) is 0 Å². The third kappa shape index (κ3) is 2.06. The first-order valence-corrected chi connectivity index (χ1v) is 5.82. The van der Waals surface area contributed by atoms with Crippen LogP contribution in [0.3, 0.4) is 0 Å². The van der Waals surface area contributed by atoms with Gasteiger partial charge in [0.15, 0.2) is 0 Å². The van der Waals surface area contributed by atoms with Gasteiger partial charge in [-0.1, -0.05) is 30.3 Å². The van der Waals surface area contributed by atoms with Crippen LogP contribution >= 0.6 is 0 Å². The summed E-state index contributed by atoms with van der Waals surface area (Å²) in [7, 11) is 0. The highest BCUT2D eigenvalue weighted by atomic mass is 16.4. The molecule has 1 aromatic heterocycles. The quantitative estimate of drug-likeness (QED) is 0.855. The summed E-state index contributed by atoms with van der Waals surface area (Å²) < 4.78 is 0. The van der Waals surface area contributed by atoms with Gasteiger partial charge in [-0.15, -0.1) is 0 Å². The molecule has 5 nitrogen and oxygen atoms in total. The molecule has 0 saturated heterocycles. The van der Waals surface area contributed by atoms with E-state index in [2.05, 4.69) is 15.5 Å². The number of hydrogen-bond acceptors (Lipinski definition) is 4. The average molecular weight is 253 g/mol. The Bertz CT molecular complexity index is 650. The van der Waals surface area contributed by atoms with E-state index in [1.165, 1.54) is 6.07 Å². The van der Waals surface area contributed by atoms with Crippen LogP contribution in [0.25, 0.3) is 0 Å². The Labute approximate surface area is 109 Å². The summed E-state index contributed by atoms with van der Waals surface area (Å²) in [4.78, 5) is 14.7. The summed E-state index contributed by atoms with van der Waals surface area (Å²) in [5.74, 6) is -1.03. The zero-order valence-electron chi connectivity index (χ0n) is 9.95. The van der Waals surface area contributed by atoms with Crippen LogP contribution in [0.5, 0.6) is 0 Å². The third-order valence-corrected chi connectivity index (χ3v) is 3.05. The fourth-order valence-electron chi connectivity index (χ4n) is 2.10. The minimum absolute atomic E-state index is 0.0383. The SMILES string of the molecule is O=C(O)c1ccc(C2NN=Cc3ccccc32)cn1. The van der Waals surface area contributed by atoms with Crippen molar-refractivity contribution in [2.45, 2.75) is 6.04 Å². The zero-order valence-corrected chi connectivity index (χ0v) is 9.95. The molecule has 19 heavy (non-hydrogen) atoms. The highest BCUT2D eigenvalue weighted by Gasteiger charge is 2.19. The molecule has 0 fully saturated rings. The lowest BCUT2D eigenvalue weighted by Crippen LogP contribution is -2.22. The van der Waals surface area contributed by atoms with Crippen LogP contribution < -0.4 is 5.43 Å². The Morgan fingerprint density at radius 1 is 1.21 bits per heavy atom. The molecule has 2 aromatic rings. The van der Waals surface area contributed by atoms with Crippen LogP contribution in [0.4, 0.5) is 0 Å². The van der Waals surface area contributed by atoms with Gasteiger partial charge in [0.25, 0.3) is 0 Å². The van der Waals surface area contributed by atoms with Gasteiger partial charge in [-0.2, -0.15) is 5.10 Å². The number of nitrogens with zero attached hydrogens (tertiary/aromatic N) is 2. The number of hydrazone groups is 1. The number of aromatic carboxylic acids is 1. The zero-order chi connectivity index (χ0) is 13.2. The number of pyridine rings is 1. The van der Waals surface area contributed by atoms with Crippen molar-refractivity contribution in [3.63, 3.8) is 0 Å². The van der Waals surface area contributed by atoms with E-state index in [4.69, 9.17) is 5.11 Å². The summed E-state index contributed by atoms with van der Waals surface area (Å²) in [6.07, 6.45) is 3.34. The molecule has 0 bridgehead atoms. The molecule has 94 valence electrons. The minimum Gasteiger partial charge on any atom is -0.477 e. The largest absolute Gasteiger partial charge is 0.477 e. The first kappa shape index (κ1) is 11.4. The number of aromatic nitrogens is 1. The molecule has 0 radical (unpaired) electrons. The van der Waals surface area contributed by atoms with Crippen molar-refractivity contribution < 1.29 is 9.90 Å². The molecule has 2 heterocycles. The van der Waals surface area contributed by atoms with E-state index in [1.54, 1.807) is 18.5 Å². The lowest BCUT2D eigenvalue weighted by atomic mass is 9.95. The van der Waals surface area contributed by atoms with Crippen molar-refractivity contribution in [1.29, 1.82) is 0 Å². The number of carboxylic acid groups (broad SMARTS) is 1. The maximum Gasteiger partial charge on any atom is 0.354 e. The second-order valence-corrected chi connectivity index (χ2v) is 4.23. The Morgan fingerprint density at radius 3 is 2.79 bits per heavy atom. The fraction of sp³-hybridized carbons (Fsp3) is 0.0714. The predicted molar refractivity (Wildman–Crippen MR) is 70.2 cm³/mol. The molecular weight excluding hydrogens is 242 g/mol. The number of rotatable bonds is 2. The van der Waals surface area contributed by atoms with E-state index in [-0.39, 0.29) is 11.7 Å². The highest BCUT2D eigenvalue weighted by Crippen LogP contribution is 2.26. The first-order chi connectivity index (χ1) is 9.25. The van der Waals surface area contributed by atoms with Gasteiger partial charge in [0.2, 0.25) is 0 Å². The number of hydrogen-bond donors (Lipinski definition) is 2. The van der Waals surface area contributed by atoms with E-state index in [9.17, 15) is 4.79 Å². The first-order valence-electron chi connectivity index (χ1n) is 5.82. The smallest absolute Gasteiger partial charge is 0.354 e. The molecule has 2 N–H and O–H groups in total. The van der Waals surface area contributed by atoms with Crippen molar-refractivity contribution in [2.24, 2.45) is 5.10 Å². The molecule has 1 aliphatic rings. The van der Waals surface area contributed by atoms with Gasteiger partial charge in [-0.3, -0.25) is 5.43 Å². The van der Waals surface area contributed by atoms with E-state index in [0.717, 1.165) is 16.7 Å². The number of carbonyl (C=O) groups is 1. The number of carboxylic acids is 1. The van der Waals surface area contributed by atoms with Crippen molar-refractivity contribution >= 4 is 12.2 Å². The van der Waals surface area contributed by atoms with E-state index in [0.29, 0.717) is 0 Å². The minimum atomic E-state index is -1.03. The molecule has 0 aliphatic carbocycles. The third-order valence-electron chi connectivity index (χ3n) is 3.05. The van der Waals surface area contributed by atoms with Crippen LogP contribution in [-0.2, 0) is 0 Å². The second-order valence-electron chi connectivity index (χ2n) is 4.23. The topological polar surface area (TPSA) is 74.6 Å². The van der Waals surface area contributed by atoms with Gasteiger partial charge in [-0.25, -0.2) is 9.78 Å². The van der Waals surface area contributed by atoms with Gasteiger partial charge in [0.1, 0.15) is 5.69 Å². The van der Waals surface area contributed by atoms with Crippen LogP contribution in [0.15, 0.2) is 47.7 Å². The van der Waals surface area contributed by atoms with Crippen molar-refractivity contribution in [1.82, 2.24) is 10.4 Å². The van der Waals surface area contributed by atoms with Gasteiger partial charge in [0, 0.05) is 11.8 Å². The summed E-state index contributed by atoms with van der Waals surface area (Å²) in [6.45, 7) is 0. The van der Waals surface area contributed by atoms with Crippen LogP contribution in [0.1, 0.15) is 33.2 Å². The van der Waals surface area contributed by atoms with E-state index in [1.807, 2.05) is 24.3 Å². The van der Waals surface area contributed by atoms with E-state index >= 15 is 0 Å². The predicted octanol–water partition coefficient (Wildman–Crippen LogP) is 1.81. The highest BCUT2D eigenvalue weighted by molar-refractivity contribution is 5.85. The standard InChI is InChI=1S/C14H11N3O2/c18-14(19)12-6-5-10(7-15-12)13-11-4-2-1-3-9(11)8-16-17-13/h1-8,13,17H,(H,18,19). The van der Waals surface area contributed by atoms with Gasteiger partial charge >= 0.3 is 5.97 Å². The molecule has 3 rings (SSSR count). The summed E-state index contributed by atoms with van der Waals surface area (Å²) >= 11 is 0.